The molecule has 4 aromatic carbocycles. The van der Waals surface area contributed by atoms with Gasteiger partial charge in [0.25, 0.3) is 0 Å². The lowest BCUT2D eigenvalue weighted by Gasteiger charge is -2.47. The van der Waals surface area contributed by atoms with Crippen molar-refractivity contribution in [1.29, 1.82) is 0 Å². The molecule has 0 amide bonds. The summed E-state index contributed by atoms with van der Waals surface area (Å²) >= 11 is 13.2. The van der Waals surface area contributed by atoms with Gasteiger partial charge in [-0.25, -0.2) is 14.4 Å². The first kappa shape index (κ1) is 36.4. The van der Waals surface area contributed by atoms with E-state index in [4.69, 9.17) is 33.2 Å². The number of nitrogens with zero attached hydrogens (tertiary/aromatic N) is 6. The van der Waals surface area contributed by atoms with Gasteiger partial charge in [0.15, 0.2) is 0 Å². The second kappa shape index (κ2) is 16.1. The zero-order valence-corrected chi connectivity index (χ0v) is 32.0. The minimum atomic E-state index is -0.701. The van der Waals surface area contributed by atoms with Crippen molar-refractivity contribution >= 4 is 29.0 Å². The number of piperidine rings is 1. The molecule has 0 radical (unpaired) electrons. The molecule has 0 saturated carbocycles. The minimum Gasteiger partial charge on any atom is -0.353 e. The zero-order valence-electron chi connectivity index (χ0n) is 30.5. The fraction of sp³-hybridized carbons (Fsp3) is 0.289. The van der Waals surface area contributed by atoms with Gasteiger partial charge in [0.2, 0.25) is 0 Å². The van der Waals surface area contributed by atoms with Crippen molar-refractivity contribution < 1.29 is 4.39 Å². The second-order valence-electron chi connectivity index (χ2n) is 14.4. The van der Waals surface area contributed by atoms with Gasteiger partial charge < -0.3 is 9.47 Å². The predicted octanol–water partition coefficient (Wildman–Crippen LogP) is 9.80. The number of hydrogen-bond acceptors (Lipinski definition) is 5. The summed E-state index contributed by atoms with van der Waals surface area (Å²) in [5, 5.41) is 1.06. The highest BCUT2D eigenvalue weighted by atomic mass is 35.5. The Morgan fingerprint density at radius 2 is 1.39 bits per heavy atom. The molecule has 2 aromatic heterocycles. The van der Waals surface area contributed by atoms with Crippen LogP contribution in [-0.4, -0.2) is 69.1 Å². The van der Waals surface area contributed by atoms with Crippen LogP contribution in [-0.2, 0) is 12.1 Å². The minimum absolute atomic E-state index is 0.225. The van der Waals surface area contributed by atoms with Crippen LogP contribution < -0.4 is 4.90 Å². The number of pyridine rings is 1. The third-order valence-corrected chi connectivity index (χ3v) is 11.9. The molecule has 6 aromatic rings. The van der Waals surface area contributed by atoms with Crippen LogP contribution in [0.3, 0.4) is 0 Å². The van der Waals surface area contributed by atoms with Crippen molar-refractivity contribution in [3.05, 3.63) is 172 Å². The molecule has 1 atom stereocenters. The number of likely N-dealkylation sites (tertiary alicyclic amines) is 1. The molecule has 8 rings (SSSR count). The summed E-state index contributed by atoms with van der Waals surface area (Å²) in [7, 11) is 0. The second-order valence-corrected chi connectivity index (χ2v) is 15.3. The van der Waals surface area contributed by atoms with Gasteiger partial charge in [-0.3, -0.25) is 9.80 Å². The van der Waals surface area contributed by atoms with Crippen LogP contribution in [0.2, 0.25) is 10.0 Å². The summed E-state index contributed by atoms with van der Waals surface area (Å²) in [6.45, 7) is 7.47. The Morgan fingerprint density at radius 1 is 0.759 bits per heavy atom. The molecule has 9 heteroatoms. The van der Waals surface area contributed by atoms with Crippen molar-refractivity contribution in [3.63, 3.8) is 0 Å². The van der Waals surface area contributed by atoms with Crippen LogP contribution in [0.4, 0.5) is 10.2 Å². The Balaban J connectivity index is 1.03. The molecule has 2 aliphatic heterocycles. The topological polar surface area (TPSA) is 40.4 Å². The molecule has 2 aliphatic rings. The van der Waals surface area contributed by atoms with Crippen molar-refractivity contribution in [1.82, 2.24) is 24.3 Å². The maximum absolute atomic E-state index is 14.5. The number of imidazole rings is 1. The molecule has 0 aliphatic carbocycles. The van der Waals surface area contributed by atoms with E-state index in [1.807, 2.05) is 24.5 Å². The Kier molecular flexibility index (Phi) is 10.8. The van der Waals surface area contributed by atoms with Gasteiger partial charge in [-0.1, -0.05) is 127 Å². The van der Waals surface area contributed by atoms with Crippen LogP contribution in [0.25, 0.3) is 11.4 Å². The summed E-state index contributed by atoms with van der Waals surface area (Å²) in [5.41, 5.74) is 4.25. The van der Waals surface area contributed by atoms with E-state index in [9.17, 15) is 4.39 Å². The van der Waals surface area contributed by atoms with Crippen LogP contribution in [0, 0.1) is 5.82 Å². The third-order valence-electron chi connectivity index (χ3n) is 11.4. The van der Waals surface area contributed by atoms with Crippen molar-refractivity contribution in [2.24, 2.45) is 0 Å². The van der Waals surface area contributed by atoms with Gasteiger partial charge in [-0.05, 0) is 67.2 Å². The van der Waals surface area contributed by atoms with E-state index in [1.165, 1.54) is 6.07 Å². The molecule has 2 saturated heterocycles. The molecule has 1 unspecified atom stereocenters. The number of anilines is 1. The van der Waals surface area contributed by atoms with Crippen molar-refractivity contribution in [3.8, 4) is 11.4 Å². The number of aromatic nitrogens is 3. The lowest BCUT2D eigenvalue weighted by molar-refractivity contribution is 0.0607. The number of halogens is 3. The summed E-state index contributed by atoms with van der Waals surface area (Å²) in [4.78, 5) is 17.4. The fourth-order valence-electron chi connectivity index (χ4n) is 8.73. The van der Waals surface area contributed by atoms with Gasteiger partial charge in [0, 0.05) is 73.0 Å². The molecule has 6 nitrogen and oxygen atoms in total. The molecule has 0 spiro atoms. The Morgan fingerprint density at radius 3 is 1.96 bits per heavy atom. The van der Waals surface area contributed by atoms with Crippen LogP contribution >= 0.6 is 23.2 Å². The molecular weight excluding hydrogens is 714 g/mol. The van der Waals surface area contributed by atoms with E-state index in [0.29, 0.717) is 34.2 Å². The lowest BCUT2D eigenvalue weighted by Crippen LogP contribution is -2.58. The quantitative estimate of drug-likeness (QED) is 0.130. The number of piperazine rings is 1. The number of hydrogen-bond donors (Lipinski definition) is 0. The zero-order chi connectivity index (χ0) is 37.1. The SMILES string of the molecule is CCC1CN(c2ncc(-c3nccn3C(c3ccccc3)(c3ccccc3)c3ccccc3)cc2Cl)CCN1C1CCN(Cc2ccc(Cl)cc2F)CC1. The smallest absolute Gasteiger partial charge is 0.147 e. The number of rotatable bonds is 10. The van der Waals surface area contributed by atoms with E-state index >= 15 is 0 Å². The first-order valence-corrected chi connectivity index (χ1v) is 19.7. The molecule has 2 fully saturated rings. The first-order chi connectivity index (χ1) is 26.4. The molecule has 0 bridgehead atoms. The van der Waals surface area contributed by atoms with E-state index in [2.05, 4.69) is 123 Å². The maximum Gasteiger partial charge on any atom is 0.147 e. The van der Waals surface area contributed by atoms with E-state index < -0.39 is 5.54 Å². The summed E-state index contributed by atoms with van der Waals surface area (Å²) in [5.74, 6) is 1.38. The highest BCUT2D eigenvalue weighted by Gasteiger charge is 2.40. The van der Waals surface area contributed by atoms with Gasteiger partial charge in [-0.2, -0.15) is 0 Å². The maximum atomic E-state index is 14.5. The van der Waals surface area contributed by atoms with Crippen molar-refractivity contribution in [2.75, 3.05) is 37.6 Å². The van der Waals surface area contributed by atoms with Gasteiger partial charge in [-0.15, -0.1) is 0 Å². The Hall–Kier alpha value is -4.53. The normalized spacial score (nSPS) is 17.6. The molecule has 54 heavy (non-hydrogen) atoms. The standard InChI is InChI=1S/C45H45Cl2FN6/c1-2-39-32-52(26-27-53(39)40-20-23-51(24-21-40)31-33-18-19-38(46)29-42(33)48)44-41(47)28-34(30-50-44)43-49-22-25-54(43)45(35-12-6-3-7-13-35,36-14-8-4-9-15-36)37-16-10-5-11-17-37/h3-19,22,25,28-30,39-40H,2,20-21,23-24,26-27,31-32H2,1H3. The molecule has 0 N–H and O–H groups in total. The van der Waals surface area contributed by atoms with Gasteiger partial charge >= 0.3 is 0 Å². The Bertz CT molecular complexity index is 2060. The first-order valence-electron chi connectivity index (χ1n) is 19.0. The van der Waals surface area contributed by atoms with E-state index in [1.54, 1.807) is 6.07 Å². The van der Waals surface area contributed by atoms with Gasteiger partial charge in [0.1, 0.15) is 23.0 Å². The summed E-state index contributed by atoms with van der Waals surface area (Å²) in [6, 6.07) is 39.8. The lowest BCUT2D eigenvalue weighted by atomic mass is 9.76. The highest BCUT2D eigenvalue weighted by molar-refractivity contribution is 6.33. The summed E-state index contributed by atoms with van der Waals surface area (Å²) < 4.78 is 16.8. The van der Waals surface area contributed by atoms with Gasteiger partial charge in [0.05, 0.1) is 5.02 Å². The Labute approximate surface area is 327 Å². The summed E-state index contributed by atoms with van der Waals surface area (Å²) in [6.07, 6.45) is 9.05. The van der Waals surface area contributed by atoms with E-state index in [-0.39, 0.29) is 5.82 Å². The number of benzene rings is 4. The third kappa shape index (κ3) is 7.06. The van der Waals surface area contributed by atoms with Crippen LogP contribution in [0.5, 0.6) is 0 Å². The highest BCUT2D eigenvalue weighted by Crippen LogP contribution is 2.43. The predicted molar refractivity (Wildman–Crippen MR) is 218 cm³/mol. The molecule has 4 heterocycles. The monoisotopic (exact) mass is 758 g/mol. The fourth-order valence-corrected chi connectivity index (χ4v) is 9.18. The average molecular weight is 760 g/mol. The van der Waals surface area contributed by atoms with Crippen LogP contribution in [0.15, 0.2) is 134 Å². The van der Waals surface area contributed by atoms with Crippen LogP contribution in [0.1, 0.15) is 48.4 Å². The molecular formula is C45H45Cl2FN6. The van der Waals surface area contributed by atoms with E-state index in [0.717, 1.165) is 85.9 Å². The molecule has 276 valence electrons. The van der Waals surface area contributed by atoms with Crippen molar-refractivity contribution in [2.45, 2.75) is 50.4 Å². The average Bonchev–Trinajstić information content (AvgIpc) is 3.71. The largest absolute Gasteiger partial charge is 0.353 e.